The largest absolute Gasteiger partial charge is 0.397 e. The fourth-order valence-corrected chi connectivity index (χ4v) is 3.91. The minimum absolute atomic E-state index is 0.0317. The van der Waals surface area contributed by atoms with Crippen molar-refractivity contribution in [2.75, 3.05) is 23.7 Å². The number of hydrogen-bond acceptors (Lipinski definition) is 4. The van der Waals surface area contributed by atoms with Gasteiger partial charge < -0.3 is 10.6 Å². The molecule has 0 unspecified atom stereocenters. The van der Waals surface area contributed by atoms with Gasteiger partial charge in [-0.1, -0.05) is 18.5 Å². The highest BCUT2D eigenvalue weighted by Gasteiger charge is 2.21. The van der Waals surface area contributed by atoms with Gasteiger partial charge in [0, 0.05) is 23.7 Å². The van der Waals surface area contributed by atoms with E-state index >= 15 is 0 Å². The zero-order chi connectivity index (χ0) is 15.7. The quantitative estimate of drug-likeness (QED) is 0.843. The van der Waals surface area contributed by atoms with E-state index in [2.05, 4.69) is 11.8 Å². The molecule has 1 aromatic heterocycles. The van der Waals surface area contributed by atoms with E-state index in [9.17, 15) is 4.79 Å². The Kier molecular flexibility index (Phi) is 4.41. The summed E-state index contributed by atoms with van der Waals surface area (Å²) in [6.45, 7) is 4.36. The molecule has 5 heteroatoms. The fourth-order valence-electron chi connectivity index (χ4n) is 2.69. The van der Waals surface area contributed by atoms with Gasteiger partial charge in [0.2, 0.25) is 5.78 Å². The maximum atomic E-state index is 12.6. The zero-order valence-electron chi connectivity index (χ0n) is 12.5. The van der Waals surface area contributed by atoms with Crippen LogP contribution in [0.15, 0.2) is 30.3 Å². The molecule has 0 saturated carbocycles. The average Bonchev–Trinajstić information content (AvgIpc) is 2.90. The summed E-state index contributed by atoms with van der Waals surface area (Å²) in [7, 11) is 0. The van der Waals surface area contributed by atoms with Gasteiger partial charge in [-0.15, -0.1) is 11.3 Å². The van der Waals surface area contributed by atoms with Crippen LogP contribution in [0.1, 0.15) is 35.0 Å². The number of carbonyl (C=O) groups excluding carboxylic acids is 1. The predicted octanol–water partition coefficient (Wildman–Crippen LogP) is 4.45. The van der Waals surface area contributed by atoms with Gasteiger partial charge in [0.15, 0.2) is 0 Å². The molecule has 0 atom stereocenters. The van der Waals surface area contributed by atoms with Crippen LogP contribution in [0.4, 0.5) is 10.7 Å². The molecule has 1 aliphatic heterocycles. The normalized spacial score (nSPS) is 16.0. The molecule has 2 aromatic rings. The van der Waals surface area contributed by atoms with Crippen molar-refractivity contribution in [2.45, 2.75) is 19.8 Å². The first-order chi connectivity index (χ1) is 10.5. The third kappa shape index (κ3) is 3.13. The molecule has 2 heterocycles. The lowest BCUT2D eigenvalue weighted by Crippen LogP contribution is -2.32. The number of anilines is 2. The minimum atomic E-state index is -0.0317. The molecule has 0 spiro atoms. The monoisotopic (exact) mass is 334 g/mol. The number of hydrogen-bond donors (Lipinski definition) is 1. The number of piperidine rings is 1. The summed E-state index contributed by atoms with van der Waals surface area (Å²) in [4.78, 5) is 15.5. The van der Waals surface area contributed by atoms with Crippen molar-refractivity contribution >= 4 is 39.4 Å². The summed E-state index contributed by atoms with van der Waals surface area (Å²) in [6.07, 6.45) is 2.39. The highest BCUT2D eigenvalue weighted by atomic mass is 35.5. The summed E-state index contributed by atoms with van der Waals surface area (Å²) in [6, 6.07) is 8.87. The van der Waals surface area contributed by atoms with Gasteiger partial charge in [0.05, 0.1) is 10.7 Å². The molecule has 0 radical (unpaired) electrons. The highest BCUT2D eigenvalue weighted by Crippen LogP contribution is 2.35. The second-order valence-electron chi connectivity index (χ2n) is 5.87. The first-order valence-corrected chi connectivity index (χ1v) is 8.68. The lowest BCUT2D eigenvalue weighted by molar-refractivity contribution is 0.104. The molecule has 116 valence electrons. The first-order valence-electron chi connectivity index (χ1n) is 7.49. The second-order valence-corrected chi connectivity index (χ2v) is 7.34. The number of rotatable bonds is 3. The zero-order valence-corrected chi connectivity index (χ0v) is 14.1. The number of ketones is 1. The third-order valence-electron chi connectivity index (χ3n) is 4.16. The highest BCUT2D eigenvalue weighted by molar-refractivity contribution is 7.18. The molecule has 1 aromatic carbocycles. The molecule has 0 aliphatic carbocycles. The van der Waals surface area contributed by atoms with E-state index in [-0.39, 0.29) is 5.78 Å². The van der Waals surface area contributed by atoms with E-state index in [1.54, 1.807) is 24.3 Å². The summed E-state index contributed by atoms with van der Waals surface area (Å²) in [5, 5.41) is 1.72. The standard InChI is InChI=1S/C17H19ClN2OS/c1-11-6-8-20(9-7-11)15-10-14(19)17(22-15)16(21)12-2-4-13(18)5-3-12/h2-5,10-11H,6-9,19H2,1H3. The van der Waals surface area contributed by atoms with Crippen molar-refractivity contribution in [2.24, 2.45) is 5.92 Å². The summed E-state index contributed by atoms with van der Waals surface area (Å²) < 4.78 is 0. The Morgan fingerprint density at radius 1 is 1.27 bits per heavy atom. The molecule has 0 amide bonds. The summed E-state index contributed by atoms with van der Waals surface area (Å²) >= 11 is 7.36. The molecule has 22 heavy (non-hydrogen) atoms. The van der Waals surface area contributed by atoms with Crippen LogP contribution in [0.25, 0.3) is 0 Å². The van der Waals surface area contributed by atoms with Gasteiger partial charge in [-0.2, -0.15) is 0 Å². The van der Waals surface area contributed by atoms with E-state index in [1.165, 1.54) is 24.2 Å². The van der Waals surface area contributed by atoms with Crippen LogP contribution in [0.2, 0.25) is 5.02 Å². The number of nitrogens with zero attached hydrogens (tertiary/aromatic N) is 1. The Balaban J connectivity index is 1.83. The van der Waals surface area contributed by atoms with Crippen molar-refractivity contribution in [3.63, 3.8) is 0 Å². The van der Waals surface area contributed by atoms with E-state index in [0.29, 0.717) is 21.2 Å². The SMILES string of the molecule is CC1CCN(c2cc(N)c(C(=O)c3ccc(Cl)cc3)s2)CC1. The van der Waals surface area contributed by atoms with E-state index in [0.717, 1.165) is 24.0 Å². The van der Waals surface area contributed by atoms with Gasteiger partial charge >= 0.3 is 0 Å². The van der Waals surface area contributed by atoms with E-state index in [4.69, 9.17) is 17.3 Å². The number of nitrogen functional groups attached to an aromatic ring is 1. The maximum Gasteiger partial charge on any atom is 0.205 e. The third-order valence-corrected chi connectivity index (χ3v) is 5.62. The molecule has 1 saturated heterocycles. The van der Waals surface area contributed by atoms with Crippen LogP contribution < -0.4 is 10.6 Å². The van der Waals surface area contributed by atoms with Gasteiger partial charge in [-0.3, -0.25) is 4.79 Å². The Labute approximate surface area is 139 Å². The molecule has 3 nitrogen and oxygen atoms in total. The number of thiophene rings is 1. The van der Waals surface area contributed by atoms with Crippen LogP contribution in [-0.2, 0) is 0 Å². The van der Waals surface area contributed by atoms with Crippen molar-refractivity contribution < 1.29 is 4.79 Å². The van der Waals surface area contributed by atoms with Crippen molar-refractivity contribution in [3.8, 4) is 0 Å². The van der Waals surface area contributed by atoms with E-state index in [1.807, 2.05) is 6.07 Å². The van der Waals surface area contributed by atoms with Crippen molar-refractivity contribution in [1.29, 1.82) is 0 Å². The Hall–Kier alpha value is -1.52. The van der Waals surface area contributed by atoms with Crippen LogP contribution in [-0.4, -0.2) is 18.9 Å². The van der Waals surface area contributed by atoms with Crippen LogP contribution in [0, 0.1) is 5.92 Å². The smallest absolute Gasteiger partial charge is 0.205 e. The number of halogens is 1. The van der Waals surface area contributed by atoms with Crippen LogP contribution >= 0.6 is 22.9 Å². The van der Waals surface area contributed by atoms with Gasteiger partial charge in [0.25, 0.3) is 0 Å². The molecule has 2 N–H and O–H groups in total. The molecular weight excluding hydrogens is 316 g/mol. The topological polar surface area (TPSA) is 46.3 Å². The van der Waals surface area contributed by atoms with Crippen molar-refractivity contribution in [3.05, 3.63) is 45.8 Å². The number of benzene rings is 1. The predicted molar refractivity (Wildman–Crippen MR) is 94.2 cm³/mol. The molecular formula is C17H19ClN2OS. The summed E-state index contributed by atoms with van der Waals surface area (Å²) in [5.74, 6) is 0.750. The maximum absolute atomic E-state index is 12.6. The Morgan fingerprint density at radius 2 is 1.91 bits per heavy atom. The Morgan fingerprint density at radius 3 is 2.55 bits per heavy atom. The molecule has 3 rings (SSSR count). The average molecular weight is 335 g/mol. The molecule has 0 bridgehead atoms. The van der Waals surface area contributed by atoms with Gasteiger partial charge in [-0.05, 0) is 49.1 Å². The van der Waals surface area contributed by atoms with Crippen LogP contribution in [0.5, 0.6) is 0 Å². The van der Waals surface area contributed by atoms with Crippen LogP contribution in [0.3, 0.4) is 0 Å². The fraction of sp³-hybridized carbons (Fsp3) is 0.353. The van der Waals surface area contributed by atoms with E-state index < -0.39 is 0 Å². The number of nitrogens with two attached hydrogens (primary N) is 1. The molecule has 1 fully saturated rings. The van der Waals surface area contributed by atoms with Crippen molar-refractivity contribution in [1.82, 2.24) is 0 Å². The minimum Gasteiger partial charge on any atom is -0.397 e. The summed E-state index contributed by atoms with van der Waals surface area (Å²) in [5.41, 5.74) is 7.27. The lowest BCUT2D eigenvalue weighted by Gasteiger charge is -2.30. The van der Waals surface area contributed by atoms with Gasteiger partial charge in [0.1, 0.15) is 4.88 Å². The Bertz CT molecular complexity index is 672. The second kappa shape index (κ2) is 6.31. The first kappa shape index (κ1) is 15.4. The molecule has 1 aliphatic rings. The van der Waals surface area contributed by atoms with Gasteiger partial charge in [-0.25, -0.2) is 0 Å². The number of carbonyl (C=O) groups is 1. The lowest BCUT2D eigenvalue weighted by atomic mass is 9.99.